The van der Waals surface area contributed by atoms with Crippen LogP contribution in [-0.4, -0.2) is 38.0 Å². The zero-order valence-corrected chi connectivity index (χ0v) is 10.3. The topological polar surface area (TPSA) is 83.6 Å². The van der Waals surface area contributed by atoms with E-state index in [0.29, 0.717) is 5.69 Å². The fourth-order valence-electron chi connectivity index (χ4n) is 1.11. The molecule has 0 radical (unpaired) electrons. The molecular weight excluding hydrogens is 252 g/mol. The molecule has 1 aromatic carbocycles. The van der Waals surface area contributed by atoms with Crippen molar-refractivity contribution in [1.82, 2.24) is 4.31 Å². The van der Waals surface area contributed by atoms with Crippen molar-refractivity contribution in [3.63, 3.8) is 0 Å². The second kappa shape index (κ2) is 5.01. The van der Waals surface area contributed by atoms with Crippen molar-refractivity contribution in [2.45, 2.75) is 4.90 Å². The average Bonchev–Trinajstić information content (AvgIpc) is 2.22. The zero-order valence-electron chi connectivity index (χ0n) is 8.72. The summed E-state index contributed by atoms with van der Waals surface area (Å²) in [6, 6.07) is 4.10. The Labute approximate surface area is 99.5 Å². The first-order valence-electron chi connectivity index (χ1n) is 4.52. The van der Waals surface area contributed by atoms with Gasteiger partial charge in [0.2, 0.25) is 10.0 Å². The van der Waals surface area contributed by atoms with Crippen molar-refractivity contribution >= 4 is 27.3 Å². The lowest BCUT2D eigenvalue weighted by Crippen LogP contribution is -2.29. The van der Waals surface area contributed by atoms with E-state index in [-0.39, 0.29) is 23.1 Å². The van der Waals surface area contributed by atoms with Gasteiger partial charge in [-0.2, -0.15) is 4.31 Å². The van der Waals surface area contributed by atoms with Crippen molar-refractivity contribution < 1.29 is 13.5 Å². The number of anilines is 1. The molecule has 0 atom stereocenters. The molecule has 0 spiro atoms. The Morgan fingerprint density at radius 3 is 2.62 bits per heavy atom. The van der Waals surface area contributed by atoms with Crippen LogP contribution in [0.2, 0.25) is 5.02 Å². The Morgan fingerprint density at radius 2 is 2.12 bits per heavy atom. The molecular formula is C9H13ClN2O3S. The van der Waals surface area contributed by atoms with Gasteiger partial charge in [0.15, 0.2) is 0 Å². The van der Waals surface area contributed by atoms with Crippen LogP contribution in [0.4, 0.5) is 5.69 Å². The number of likely N-dealkylation sites (N-methyl/N-ethyl adjacent to an activating group) is 1. The first-order chi connectivity index (χ1) is 7.39. The summed E-state index contributed by atoms with van der Waals surface area (Å²) in [6.45, 7) is -0.206. The minimum Gasteiger partial charge on any atom is -0.398 e. The molecule has 0 aliphatic carbocycles. The van der Waals surface area contributed by atoms with E-state index in [1.807, 2.05) is 0 Å². The molecule has 0 unspecified atom stereocenters. The van der Waals surface area contributed by atoms with Gasteiger partial charge in [0, 0.05) is 13.6 Å². The third-order valence-corrected chi connectivity index (χ3v) is 4.28. The van der Waals surface area contributed by atoms with Gasteiger partial charge in [0.1, 0.15) is 0 Å². The van der Waals surface area contributed by atoms with Gasteiger partial charge in [-0.1, -0.05) is 11.6 Å². The van der Waals surface area contributed by atoms with Crippen LogP contribution in [0, 0.1) is 0 Å². The van der Waals surface area contributed by atoms with E-state index in [1.54, 1.807) is 0 Å². The highest BCUT2D eigenvalue weighted by Gasteiger charge is 2.20. The van der Waals surface area contributed by atoms with Gasteiger partial charge in [-0.3, -0.25) is 0 Å². The molecule has 0 bridgehead atoms. The van der Waals surface area contributed by atoms with Crippen LogP contribution in [0.15, 0.2) is 23.1 Å². The van der Waals surface area contributed by atoms with Crippen molar-refractivity contribution in [1.29, 1.82) is 0 Å². The predicted molar refractivity (Wildman–Crippen MR) is 62.8 cm³/mol. The van der Waals surface area contributed by atoms with Crippen LogP contribution >= 0.6 is 11.6 Å². The van der Waals surface area contributed by atoms with Gasteiger partial charge in [-0.05, 0) is 18.2 Å². The molecule has 0 amide bonds. The highest BCUT2D eigenvalue weighted by atomic mass is 35.5. The summed E-state index contributed by atoms with van der Waals surface area (Å²) in [5, 5.41) is 8.89. The SMILES string of the molecule is CN(CCO)S(=O)(=O)c1ccc(N)c(Cl)c1. The lowest BCUT2D eigenvalue weighted by atomic mass is 10.3. The van der Waals surface area contributed by atoms with E-state index in [0.717, 1.165) is 4.31 Å². The van der Waals surface area contributed by atoms with Crippen LogP contribution in [0.1, 0.15) is 0 Å². The molecule has 0 aliphatic heterocycles. The monoisotopic (exact) mass is 264 g/mol. The van der Waals surface area contributed by atoms with Crippen molar-refractivity contribution in [2.75, 3.05) is 25.9 Å². The number of aliphatic hydroxyl groups is 1. The van der Waals surface area contributed by atoms with Crippen LogP contribution in [0.3, 0.4) is 0 Å². The smallest absolute Gasteiger partial charge is 0.242 e. The third kappa shape index (κ3) is 2.65. The fourth-order valence-corrected chi connectivity index (χ4v) is 2.54. The molecule has 0 fully saturated rings. The third-order valence-electron chi connectivity index (χ3n) is 2.09. The number of hydrogen-bond acceptors (Lipinski definition) is 4. The van der Waals surface area contributed by atoms with E-state index < -0.39 is 10.0 Å². The van der Waals surface area contributed by atoms with Crippen LogP contribution in [0.25, 0.3) is 0 Å². The molecule has 90 valence electrons. The number of benzene rings is 1. The van der Waals surface area contributed by atoms with E-state index in [9.17, 15) is 8.42 Å². The number of nitrogens with two attached hydrogens (primary N) is 1. The minimum absolute atomic E-state index is 0.0321. The summed E-state index contributed by atoms with van der Waals surface area (Å²) in [4.78, 5) is 0.0580. The van der Waals surface area contributed by atoms with Gasteiger partial charge in [-0.15, -0.1) is 0 Å². The molecule has 16 heavy (non-hydrogen) atoms. The van der Waals surface area contributed by atoms with Gasteiger partial charge in [-0.25, -0.2) is 8.42 Å². The maximum Gasteiger partial charge on any atom is 0.242 e. The summed E-state index contributed by atoms with van der Waals surface area (Å²) in [5.41, 5.74) is 5.81. The fraction of sp³-hybridized carbons (Fsp3) is 0.333. The molecule has 3 N–H and O–H groups in total. The van der Waals surface area contributed by atoms with Crippen LogP contribution in [-0.2, 0) is 10.0 Å². The zero-order chi connectivity index (χ0) is 12.3. The second-order valence-electron chi connectivity index (χ2n) is 3.23. The maximum atomic E-state index is 11.9. The summed E-state index contributed by atoms with van der Waals surface area (Å²) in [7, 11) is -2.22. The molecule has 5 nitrogen and oxygen atoms in total. The number of nitrogen functional groups attached to an aromatic ring is 1. The Morgan fingerprint density at radius 1 is 1.50 bits per heavy atom. The quantitative estimate of drug-likeness (QED) is 0.778. The summed E-state index contributed by atoms with van der Waals surface area (Å²) in [5.74, 6) is 0. The normalized spacial score (nSPS) is 12.0. The summed E-state index contributed by atoms with van der Waals surface area (Å²) in [6.07, 6.45) is 0. The lowest BCUT2D eigenvalue weighted by Gasteiger charge is -2.16. The minimum atomic E-state index is -3.61. The summed E-state index contributed by atoms with van der Waals surface area (Å²) >= 11 is 5.74. The average molecular weight is 265 g/mol. The molecule has 0 saturated carbocycles. The van der Waals surface area contributed by atoms with Gasteiger partial charge in [0.05, 0.1) is 22.2 Å². The highest BCUT2D eigenvalue weighted by molar-refractivity contribution is 7.89. The molecule has 0 aromatic heterocycles. The standard InChI is InChI=1S/C9H13ClN2O3S/c1-12(4-5-13)16(14,15)7-2-3-9(11)8(10)6-7/h2-3,6,13H,4-5,11H2,1H3. The van der Waals surface area contributed by atoms with Gasteiger partial charge >= 0.3 is 0 Å². The first kappa shape index (κ1) is 13.2. The molecule has 0 aliphatic rings. The molecule has 7 heteroatoms. The number of sulfonamides is 1. The molecule has 1 rings (SSSR count). The van der Waals surface area contributed by atoms with E-state index in [1.165, 1.54) is 25.2 Å². The van der Waals surface area contributed by atoms with Crippen LogP contribution < -0.4 is 5.73 Å². The Kier molecular flexibility index (Phi) is 4.15. The Bertz CT molecular complexity index is 476. The van der Waals surface area contributed by atoms with Crippen molar-refractivity contribution in [3.05, 3.63) is 23.2 Å². The number of rotatable bonds is 4. The largest absolute Gasteiger partial charge is 0.398 e. The Hall–Kier alpha value is -0.820. The van der Waals surface area contributed by atoms with E-state index in [2.05, 4.69) is 0 Å². The van der Waals surface area contributed by atoms with E-state index in [4.69, 9.17) is 22.4 Å². The number of nitrogens with zero attached hydrogens (tertiary/aromatic N) is 1. The first-order valence-corrected chi connectivity index (χ1v) is 6.33. The van der Waals surface area contributed by atoms with Gasteiger partial charge < -0.3 is 10.8 Å². The van der Waals surface area contributed by atoms with Crippen molar-refractivity contribution in [3.8, 4) is 0 Å². The number of halogens is 1. The molecule has 0 saturated heterocycles. The number of hydrogen-bond donors (Lipinski definition) is 2. The van der Waals surface area contributed by atoms with Crippen LogP contribution in [0.5, 0.6) is 0 Å². The predicted octanol–water partition coefficient (Wildman–Crippen LogP) is 0.535. The van der Waals surface area contributed by atoms with Crippen molar-refractivity contribution in [2.24, 2.45) is 0 Å². The van der Waals surface area contributed by atoms with Gasteiger partial charge in [0.25, 0.3) is 0 Å². The maximum absolute atomic E-state index is 11.9. The second-order valence-corrected chi connectivity index (χ2v) is 5.69. The molecule has 1 aromatic rings. The van der Waals surface area contributed by atoms with E-state index >= 15 is 0 Å². The lowest BCUT2D eigenvalue weighted by molar-refractivity contribution is 0.266. The number of aliphatic hydroxyl groups excluding tert-OH is 1. The molecule has 0 heterocycles. The summed E-state index contributed by atoms with van der Waals surface area (Å²) < 4.78 is 24.9. The highest BCUT2D eigenvalue weighted by Crippen LogP contribution is 2.23. The Balaban J connectivity index is 3.12.